The Bertz CT molecular complexity index is 895. The largest absolute Gasteiger partial charge is 0.376 e. The number of halogens is 1. The molecule has 3 heterocycles. The van der Waals surface area contributed by atoms with Crippen LogP contribution in [0, 0.1) is 0 Å². The smallest absolute Gasteiger partial charge is 0.262 e. The van der Waals surface area contributed by atoms with E-state index < -0.39 is 0 Å². The van der Waals surface area contributed by atoms with Gasteiger partial charge in [-0.05, 0) is 30.5 Å². The molecule has 0 aliphatic carbocycles. The molecule has 1 aliphatic rings. The Labute approximate surface area is 142 Å². The molecule has 118 valence electrons. The number of benzene rings is 1. The lowest BCUT2D eigenvalue weighted by Crippen LogP contribution is -2.26. The number of aromatic nitrogens is 2. The highest BCUT2D eigenvalue weighted by molar-refractivity contribution is 7.17. The molecule has 0 amide bonds. The summed E-state index contributed by atoms with van der Waals surface area (Å²) in [7, 11) is 0. The normalized spacial score (nSPS) is 17.9. The average Bonchev–Trinajstić information content (AvgIpc) is 3.21. The molecule has 1 atom stereocenters. The van der Waals surface area contributed by atoms with E-state index in [9.17, 15) is 4.79 Å². The zero-order valence-electron chi connectivity index (χ0n) is 12.4. The van der Waals surface area contributed by atoms with Crippen LogP contribution >= 0.6 is 22.9 Å². The van der Waals surface area contributed by atoms with Crippen LogP contribution in [0.1, 0.15) is 12.8 Å². The molecular weight excluding hydrogens is 332 g/mol. The third kappa shape index (κ3) is 2.80. The van der Waals surface area contributed by atoms with Crippen molar-refractivity contribution in [2.75, 3.05) is 6.61 Å². The van der Waals surface area contributed by atoms with Crippen molar-refractivity contribution < 1.29 is 4.74 Å². The molecule has 2 aromatic heterocycles. The minimum absolute atomic E-state index is 0.00306. The summed E-state index contributed by atoms with van der Waals surface area (Å²) in [5, 5.41) is 3.35. The summed E-state index contributed by atoms with van der Waals surface area (Å²) in [6, 6.07) is 7.53. The molecule has 0 unspecified atom stereocenters. The van der Waals surface area contributed by atoms with Crippen LogP contribution in [-0.4, -0.2) is 22.3 Å². The maximum Gasteiger partial charge on any atom is 0.262 e. The van der Waals surface area contributed by atoms with Crippen molar-refractivity contribution in [2.24, 2.45) is 0 Å². The molecule has 1 aromatic carbocycles. The first-order chi connectivity index (χ1) is 11.2. The van der Waals surface area contributed by atoms with Gasteiger partial charge in [0.2, 0.25) is 0 Å². The Kier molecular flexibility index (Phi) is 3.93. The second-order valence-corrected chi connectivity index (χ2v) is 6.97. The summed E-state index contributed by atoms with van der Waals surface area (Å²) in [6.07, 6.45) is 3.81. The SMILES string of the molecule is O=c1c2c(-c3ccc(Cl)cc3)csc2ncn1C[C@@H]1CCCO1. The second-order valence-electron chi connectivity index (χ2n) is 5.67. The monoisotopic (exact) mass is 346 g/mol. The fourth-order valence-corrected chi connectivity index (χ4v) is 3.98. The summed E-state index contributed by atoms with van der Waals surface area (Å²) >= 11 is 7.44. The highest BCUT2D eigenvalue weighted by Crippen LogP contribution is 2.31. The van der Waals surface area contributed by atoms with Gasteiger partial charge in [0.15, 0.2) is 0 Å². The standard InChI is InChI=1S/C17H15ClN2O2S/c18-12-5-3-11(4-6-12)14-9-23-16-15(14)17(21)20(10-19-16)8-13-2-1-7-22-13/h3-6,9-10,13H,1-2,7-8H2/t13-/m0/s1. The van der Waals surface area contributed by atoms with Crippen LogP contribution < -0.4 is 5.56 Å². The van der Waals surface area contributed by atoms with Crippen LogP contribution in [0.15, 0.2) is 40.8 Å². The Morgan fingerprint density at radius 2 is 2.17 bits per heavy atom. The molecular formula is C17H15ClN2O2S. The first-order valence-corrected chi connectivity index (χ1v) is 8.82. The van der Waals surface area contributed by atoms with Crippen molar-refractivity contribution in [3.05, 3.63) is 51.3 Å². The lowest BCUT2D eigenvalue weighted by Gasteiger charge is -2.11. The van der Waals surface area contributed by atoms with E-state index in [0.29, 0.717) is 17.0 Å². The van der Waals surface area contributed by atoms with E-state index in [1.807, 2.05) is 29.6 Å². The predicted molar refractivity (Wildman–Crippen MR) is 93.3 cm³/mol. The Morgan fingerprint density at radius 1 is 1.35 bits per heavy atom. The van der Waals surface area contributed by atoms with Crippen LogP contribution in [0.2, 0.25) is 5.02 Å². The second kappa shape index (κ2) is 6.07. The maximum absolute atomic E-state index is 12.9. The Balaban J connectivity index is 1.80. The zero-order valence-corrected chi connectivity index (χ0v) is 13.9. The van der Waals surface area contributed by atoms with Crippen LogP contribution in [0.25, 0.3) is 21.3 Å². The van der Waals surface area contributed by atoms with Crippen molar-refractivity contribution in [1.82, 2.24) is 9.55 Å². The topological polar surface area (TPSA) is 44.1 Å². The first kappa shape index (κ1) is 14.9. The number of hydrogen-bond donors (Lipinski definition) is 0. The summed E-state index contributed by atoms with van der Waals surface area (Å²) < 4.78 is 7.30. The lowest BCUT2D eigenvalue weighted by molar-refractivity contribution is 0.0960. The summed E-state index contributed by atoms with van der Waals surface area (Å²) in [6.45, 7) is 1.35. The molecule has 0 spiro atoms. The lowest BCUT2D eigenvalue weighted by atomic mass is 10.1. The van der Waals surface area contributed by atoms with Crippen LogP contribution in [0.5, 0.6) is 0 Å². The maximum atomic E-state index is 12.9. The number of hydrogen-bond acceptors (Lipinski definition) is 4. The van der Waals surface area contributed by atoms with Crippen molar-refractivity contribution in [2.45, 2.75) is 25.5 Å². The number of rotatable bonds is 3. The number of ether oxygens (including phenoxy) is 1. The number of thiophene rings is 1. The zero-order chi connectivity index (χ0) is 15.8. The van der Waals surface area contributed by atoms with Gasteiger partial charge in [-0.2, -0.15) is 0 Å². The average molecular weight is 347 g/mol. The molecule has 1 fully saturated rings. The van der Waals surface area contributed by atoms with Crippen LogP contribution in [0.4, 0.5) is 0 Å². The minimum atomic E-state index is -0.00306. The van der Waals surface area contributed by atoms with Crippen molar-refractivity contribution >= 4 is 33.2 Å². The fourth-order valence-electron chi connectivity index (χ4n) is 2.95. The third-order valence-corrected chi connectivity index (χ3v) is 5.28. The molecule has 0 bridgehead atoms. The van der Waals surface area contributed by atoms with Gasteiger partial charge in [0.1, 0.15) is 4.83 Å². The van der Waals surface area contributed by atoms with E-state index in [0.717, 1.165) is 35.4 Å². The van der Waals surface area contributed by atoms with E-state index in [4.69, 9.17) is 16.3 Å². The summed E-state index contributed by atoms with van der Waals surface area (Å²) in [4.78, 5) is 18.1. The minimum Gasteiger partial charge on any atom is -0.376 e. The fraction of sp³-hybridized carbons (Fsp3) is 0.294. The van der Waals surface area contributed by atoms with Gasteiger partial charge >= 0.3 is 0 Å². The highest BCUT2D eigenvalue weighted by Gasteiger charge is 2.19. The molecule has 0 saturated carbocycles. The van der Waals surface area contributed by atoms with Gasteiger partial charge in [0, 0.05) is 22.6 Å². The summed E-state index contributed by atoms with van der Waals surface area (Å²) in [5.41, 5.74) is 1.90. The number of fused-ring (bicyclic) bond motifs is 1. The van der Waals surface area contributed by atoms with Crippen LogP contribution in [0.3, 0.4) is 0 Å². The van der Waals surface area contributed by atoms with Gasteiger partial charge in [0.05, 0.1) is 24.4 Å². The van der Waals surface area contributed by atoms with Gasteiger partial charge in [-0.1, -0.05) is 23.7 Å². The molecule has 0 radical (unpaired) electrons. The van der Waals surface area contributed by atoms with Crippen molar-refractivity contribution in [3.8, 4) is 11.1 Å². The highest BCUT2D eigenvalue weighted by atomic mass is 35.5. The molecule has 6 heteroatoms. The molecule has 4 rings (SSSR count). The first-order valence-electron chi connectivity index (χ1n) is 7.56. The summed E-state index contributed by atoms with van der Waals surface area (Å²) in [5.74, 6) is 0. The molecule has 1 aliphatic heterocycles. The van der Waals surface area contributed by atoms with E-state index in [1.54, 1.807) is 10.9 Å². The van der Waals surface area contributed by atoms with Gasteiger partial charge in [0.25, 0.3) is 5.56 Å². The third-order valence-electron chi connectivity index (χ3n) is 4.14. The van der Waals surface area contributed by atoms with E-state index in [1.165, 1.54) is 11.3 Å². The van der Waals surface area contributed by atoms with E-state index in [2.05, 4.69) is 4.98 Å². The Hall–Kier alpha value is -1.69. The molecule has 3 aromatic rings. The predicted octanol–water partition coefficient (Wildman–Crippen LogP) is 3.96. The Morgan fingerprint density at radius 3 is 2.91 bits per heavy atom. The van der Waals surface area contributed by atoms with Gasteiger partial charge in [-0.3, -0.25) is 9.36 Å². The van der Waals surface area contributed by atoms with Crippen molar-refractivity contribution in [1.29, 1.82) is 0 Å². The molecule has 0 N–H and O–H groups in total. The quantitative estimate of drug-likeness (QED) is 0.721. The van der Waals surface area contributed by atoms with Gasteiger partial charge < -0.3 is 4.74 Å². The molecule has 1 saturated heterocycles. The van der Waals surface area contributed by atoms with Crippen LogP contribution in [-0.2, 0) is 11.3 Å². The molecule has 23 heavy (non-hydrogen) atoms. The van der Waals surface area contributed by atoms with E-state index in [-0.39, 0.29) is 11.7 Å². The van der Waals surface area contributed by atoms with E-state index >= 15 is 0 Å². The molecule has 4 nitrogen and oxygen atoms in total. The van der Waals surface area contributed by atoms with Crippen molar-refractivity contribution in [3.63, 3.8) is 0 Å². The van der Waals surface area contributed by atoms with Gasteiger partial charge in [-0.15, -0.1) is 11.3 Å². The number of nitrogens with zero attached hydrogens (tertiary/aromatic N) is 2. The van der Waals surface area contributed by atoms with Gasteiger partial charge in [-0.25, -0.2) is 4.98 Å².